The molecule has 0 atom stereocenters. The molecule has 1 aromatic carbocycles. The van der Waals surface area contributed by atoms with E-state index in [1.54, 1.807) is 0 Å². The lowest BCUT2D eigenvalue weighted by Gasteiger charge is -2.23. The number of benzene rings is 1. The van der Waals surface area contributed by atoms with Crippen LogP contribution in [0.25, 0.3) is 0 Å². The third-order valence-electron chi connectivity index (χ3n) is 2.59. The van der Waals surface area contributed by atoms with Crippen LogP contribution < -0.4 is 5.32 Å². The Balaban J connectivity index is 1.92. The molecule has 1 aliphatic rings. The molecule has 0 aromatic heterocycles. The standard InChI is InChI=1S/C13H17N3O2/c1-11(17)15-13-4-2-12(3-5-13)10-14-16-6-8-18-9-7-16/h2-5,10H,6-9H2,1H3,(H,15,17)/b14-10-. The highest BCUT2D eigenvalue weighted by Crippen LogP contribution is 2.08. The maximum atomic E-state index is 10.9. The number of hydrazone groups is 1. The predicted octanol–water partition coefficient (Wildman–Crippen LogP) is 1.31. The van der Waals surface area contributed by atoms with E-state index in [4.69, 9.17) is 4.74 Å². The summed E-state index contributed by atoms with van der Waals surface area (Å²) in [6.45, 7) is 4.63. The number of carbonyl (C=O) groups excluding carboxylic acids is 1. The third kappa shape index (κ3) is 3.85. The Morgan fingerprint density at radius 1 is 1.33 bits per heavy atom. The number of amides is 1. The summed E-state index contributed by atoms with van der Waals surface area (Å²) in [5.74, 6) is -0.0651. The van der Waals surface area contributed by atoms with Crippen LogP contribution in [0.4, 0.5) is 5.69 Å². The van der Waals surface area contributed by atoms with E-state index in [2.05, 4.69) is 10.4 Å². The highest BCUT2D eigenvalue weighted by molar-refractivity contribution is 5.89. The second-order valence-electron chi connectivity index (χ2n) is 4.11. The summed E-state index contributed by atoms with van der Waals surface area (Å²) >= 11 is 0. The predicted molar refractivity (Wildman–Crippen MR) is 70.7 cm³/mol. The van der Waals surface area contributed by atoms with Crippen LogP contribution in [-0.2, 0) is 9.53 Å². The quantitative estimate of drug-likeness (QED) is 0.819. The first-order chi connectivity index (χ1) is 8.74. The van der Waals surface area contributed by atoms with Gasteiger partial charge < -0.3 is 10.1 Å². The fourth-order valence-electron chi connectivity index (χ4n) is 1.67. The zero-order chi connectivity index (χ0) is 12.8. The molecule has 0 bridgehead atoms. The van der Waals surface area contributed by atoms with Crippen molar-refractivity contribution < 1.29 is 9.53 Å². The Kier molecular flexibility index (Phi) is 4.30. The molecule has 1 N–H and O–H groups in total. The maximum absolute atomic E-state index is 10.9. The molecule has 5 nitrogen and oxygen atoms in total. The lowest BCUT2D eigenvalue weighted by molar-refractivity contribution is -0.114. The molecular weight excluding hydrogens is 230 g/mol. The molecule has 1 aromatic rings. The van der Waals surface area contributed by atoms with Gasteiger partial charge in [0.2, 0.25) is 5.91 Å². The van der Waals surface area contributed by atoms with Crippen LogP contribution in [0, 0.1) is 0 Å². The topological polar surface area (TPSA) is 53.9 Å². The van der Waals surface area contributed by atoms with Crippen LogP contribution in [0.2, 0.25) is 0 Å². The minimum Gasteiger partial charge on any atom is -0.378 e. The van der Waals surface area contributed by atoms with Crippen molar-refractivity contribution in [2.45, 2.75) is 6.92 Å². The van der Waals surface area contributed by atoms with Gasteiger partial charge in [-0.05, 0) is 17.7 Å². The molecule has 1 saturated heterocycles. The van der Waals surface area contributed by atoms with Crippen LogP contribution in [0.15, 0.2) is 29.4 Å². The third-order valence-corrected chi connectivity index (χ3v) is 2.59. The van der Waals surface area contributed by atoms with Crippen LogP contribution in [-0.4, -0.2) is 43.4 Å². The Morgan fingerprint density at radius 3 is 2.61 bits per heavy atom. The van der Waals surface area contributed by atoms with Gasteiger partial charge in [-0.3, -0.25) is 9.80 Å². The summed E-state index contributed by atoms with van der Waals surface area (Å²) < 4.78 is 5.25. The van der Waals surface area contributed by atoms with Gasteiger partial charge in [-0.1, -0.05) is 12.1 Å². The van der Waals surface area contributed by atoms with Gasteiger partial charge in [0.15, 0.2) is 0 Å². The monoisotopic (exact) mass is 247 g/mol. The van der Waals surface area contributed by atoms with Crippen molar-refractivity contribution in [2.24, 2.45) is 5.10 Å². The Hall–Kier alpha value is -1.88. The van der Waals surface area contributed by atoms with E-state index < -0.39 is 0 Å². The van der Waals surface area contributed by atoms with Crippen LogP contribution in [0.5, 0.6) is 0 Å². The van der Waals surface area contributed by atoms with E-state index in [1.807, 2.05) is 35.5 Å². The van der Waals surface area contributed by atoms with Gasteiger partial charge in [-0.15, -0.1) is 0 Å². The number of anilines is 1. The Morgan fingerprint density at radius 2 is 2.00 bits per heavy atom. The molecule has 2 rings (SSSR count). The molecule has 96 valence electrons. The number of carbonyl (C=O) groups is 1. The highest BCUT2D eigenvalue weighted by Gasteiger charge is 2.06. The van der Waals surface area contributed by atoms with E-state index >= 15 is 0 Å². The smallest absolute Gasteiger partial charge is 0.221 e. The second kappa shape index (κ2) is 6.16. The average Bonchev–Trinajstić information content (AvgIpc) is 2.38. The van der Waals surface area contributed by atoms with Gasteiger partial charge in [0.25, 0.3) is 0 Å². The zero-order valence-electron chi connectivity index (χ0n) is 10.4. The van der Waals surface area contributed by atoms with Crippen molar-refractivity contribution in [1.29, 1.82) is 0 Å². The zero-order valence-corrected chi connectivity index (χ0v) is 10.4. The minimum atomic E-state index is -0.0651. The Bertz CT molecular complexity index is 422. The van der Waals surface area contributed by atoms with E-state index in [-0.39, 0.29) is 5.91 Å². The van der Waals surface area contributed by atoms with Gasteiger partial charge in [0, 0.05) is 12.6 Å². The van der Waals surface area contributed by atoms with Crippen molar-refractivity contribution in [3.8, 4) is 0 Å². The number of nitrogens with zero attached hydrogens (tertiary/aromatic N) is 2. The summed E-state index contributed by atoms with van der Waals surface area (Å²) in [6.07, 6.45) is 1.82. The number of ether oxygens (including phenoxy) is 1. The maximum Gasteiger partial charge on any atom is 0.221 e. The average molecular weight is 247 g/mol. The minimum absolute atomic E-state index is 0.0651. The number of hydrogen-bond acceptors (Lipinski definition) is 4. The molecular formula is C13H17N3O2. The van der Waals surface area contributed by atoms with Crippen LogP contribution >= 0.6 is 0 Å². The van der Waals surface area contributed by atoms with Crippen LogP contribution in [0.1, 0.15) is 12.5 Å². The molecule has 0 radical (unpaired) electrons. The van der Waals surface area contributed by atoms with Crippen molar-refractivity contribution in [3.63, 3.8) is 0 Å². The van der Waals surface area contributed by atoms with Crippen LogP contribution in [0.3, 0.4) is 0 Å². The largest absolute Gasteiger partial charge is 0.378 e. The number of rotatable bonds is 3. The Labute approximate surface area is 106 Å². The van der Waals surface area contributed by atoms with Gasteiger partial charge in [0.1, 0.15) is 0 Å². The molecule has 5 heteroatoms. The lowest BCUT2D eigenvalue weighted by Crippen LogP contribution is -2.32. The summed E-state index contributed by atoms with van der Waals surface area (Å²) in [4.78, 5) is 10.9. The lowest BCUT2D eigenvalue weighted by atomic mass is 10.2. The molecule has 0 saturated carbocycles. The van der Waals surface area contributed by atoms with E-state index in [9.17, 15) is 4.79 Å². The summed E-state index contributed by atoms with van der Waals surface area (Å²) in [5, 5.41) is 9.10. The number of nitrogens with one attached hydrogen (secondary N) is 1. The first kappa shape index (κ1) is 12.6. The SMILES string of the molecule is CC(=O)Nc1ccc(/C=N\N2CCOCC2)cc1. The molecule has 1 heterocycles. The number of morpholine rings is 1. The van der Waals surface area contributed by atoms with E-state index in [0.717, 1.165) is 37.6 Å². The summed E-state index contributed by atoms with van der Waals surface area (Å²) in [6, 6.07) is 7.58. The van der Waals surface area contributed by atoms with Gasteiger partial charge in [0.05, 0.1) is 32.5 Å². The first-order valence-corrected chi connectivity index (χ1v) is 5.98. The highest BCUT2D eigenvalue weighted by atomic mass is 16.5. The molecule has 0 aliphatic carbocycles. The summed E-state index contributed by atoms with van der Waals surface area (Å²) in [7, 11) is 0. The van der Waals surface area contributed by atoms with Crippen molar-refractivity contribution in [3.05, 3.63) is 29.8 Å². The van der Waals surface area contributed by atoms with Crippen molar-refractivity contribution >= 4 is 17.8 Å². The normalized spacial score (nSPS) is 15.9. The molecule has 18 heavy (non-hydrogen) atoms. The summed E-state index contributed by atoms with van der Waals surface area (Å²) in [5.41, 5.74) is 1.81. The second-order valence-corrected chi connectivity index (χ2v) is 4.11. The van der Waals surface area contributed by atoms with Gasteiger partial charge in [-0.2, -0.15) is 5.10 Å². The molecule has 1 aliphatic heterocycles. The fourth-order valence-corrected chi connectivity index (χ4v) is 1.67. The first-order valence-electron chi connectivity index (χ1n) is 5.98. The number of hydrogen-bond donors (Lipinski definition) is 1. The fraction of sp³-hybridized carbons (Fsp3) is 0.385. The van der Waals surface area contributed by atoms with Gasteiger partial charge >= 0.3 is 0 Å². The molecule has 0 spiro atoms. The van der Waals surface area contributed by atoms with Crippen molar-refractivity contribution in [2.75, 3.05) is 31.6 Å². The molecule has 1 amide bonds. The van der Waals surface area contributed by atoms with E-state index in [0.29, 0.717) is 0 Å². The van der Waals surface area contributed by atoms with Crippen molar-refractivity contribution in [1.82, 2.24) is 5.01 Å². The van der Waals surface area contributed by atoms with E-state index in [1.165, 1.54) is 6.92 Å². The molecule has 1 fully saturated rings. The molecule has 0 unspecified atom stereocenters. The van der Waals surface area contributed by atoms with Gasteiger partial charge in [-0.25, -0.2) is 0 Å².